The average Bonchev–Trinajstić information content (AvgIpc) is 2.68. The minimum atomic E-state index is -0.200. The topological polar surface area (TPSA) is 46.6 Å². The van der Waals surface area contributed by atoms with Gasteiger partial charge in [0, 0.05) is 16.9 Å². The first kappa shape index (κ1) is 16.5. The Morgan fingerprint density at radius 2 is 1.44 bits per heavy atom. The molecule has 4 nitrogen and oxygen atoms in total. The van der Waals surface area contributed by atoms with E-state index in [2.05, 4.69) is 0 Å². The number of amides is 1. The molecule has 0 aromatic heterocycles. The van der Waals surface area contributed by atoms with Crippen LogP contribution in [0.3, 0.4) is 0 Å². The van der Waals surface area contributed by atoms with Crippen LogP contribution in [0.25, 0.3) is 0 Å². The van der Waals surface area contributed by atoms with E-state index in [-0.39, 0.29) is 12.5 Å². The number of carbonyl (C=O) groups is 2. The van der Waals surface area contributed by atoms with Crippen molar-refractivity contribution in [1.82, 2.24) is 0 Å². The van der Waals surface area contributed by atoms with Crippen molar-refractivity contribution in [1.29, 1.82) is 0 Å². The number of aldehydes is 1. The van der Waals surface area contributed by atoms with E-state index < -0.39 is 0 Å². The lowest BCUT2D eigenvalue weighted by molar-refractivity contribution is -0.119. The van der Waals surface area contributed by atoms with E-state index in [0.29, 0.717) is 11.3 Å². The van der Waals surface area contributed by atoms with E-state index in [9.17, 15) is 9.59 Å². The molecule has 124 valence electrons. The largest absolute Gasteiger partial charge is 0.484 e. The fourth-order valence-corrected chi connectivity index (χ4v) is 2.48. The highest BCUT2D eigenvalue weighted by Gasteiger charge is 2.18. The summed E-state index contributed by atoms with van der Waals surface area (Å²) in [5, 5.41) is 0. The van der Waals surface area contributed by atoms with Gasteiger partial charge in [-0.3, -0.25) is 14.5 Å². The third-order valence-corrected chi connectivity index (χ3v) is 3.63. The molecule has 0 unspecified atom stereocenters. The van der Waals surface area contributed by atoms with Gasteiger partial charge in [-0.1, -0.05) is 48.5 Å². The van der Waals surface area contributed by atoms with E-state index in [0.717, 1.165) is 17.7 Å². The van der Waals surface area contributed by atoms with E-state index in [1.165, 1.54) is 0 Å². The molecule has 0 saturated carbocycles. The Labute approximate surface area is 146 Å². The van der Waals surface area contributed by atoms with Crippen molar-refractivity contribution in [2.45, 2.75) is 0 Å². The number of hydrogen-bond donors (Lipinski definition) is 0. The summed E-state index contributed by atoms with van der Waals surface area (Å²) in [7, 11) is 0. The molecule has 0 spiro atoms. The molecule has 0 saturated heterocycles. The number of benzene rings is 3. The fraction of sp³-hybridized carbons (Fsp3) is 0.0476. The van der Waals surface area contributed by atoms with Crippen LogP contribution in [0.4, 0.5) is 11.4 Å². The number of para-hydroxylation sites is 2. The molecule has 0 aliphatic rings. The zero-order valence-electron chi connectivity index (χ0n) is 13.5. The quantitative estimate of drug-likeness (QED) is 0.635. The van der Waals surface area contributed by atoms with Gasteiger partial charge in [-0.2, -0.15) is 0 Å². The van der Waals surface area contributed by atoms with Crippen molar-refractivity contribution < 1.29 is 14.3 Å². The third-order valence-electron chi connectivity index (χ3n) is 3.63. The van der Waals surface area contributed by atoms with Crippen LogP contribution in [0.1, 0.15) is 10.4 Å². The minimum Gasteiger partial charge on any atom is -0.484 e. The van der Waals surface area contributed by atoms with Crippen molar-refractivity contribution in [3.05, 3.63) is 90.5 Å². The molecule has 4 heteroatoms. The van der Waals surface area contributed by atoms with Crippen molar-refractivity contribution in [3.63, 3.8) is 0 Å². The van der Waals surface area contributed by atoms with Gasteiger partial charge < -0.3 is 4.74 Å². The van der Waals surface area contributed by atoms with Crippen molar-refractivity contribution in [2.24, 2.45) is 0 Å². The molecule has 3 aromatic rings. The van der Waals surface area contributed by atoms with Gasteiger partial charge in [-0.25, -0.2) is 0 Å². The first-order valence-corrected chi connectivity index (χ1v) is 7.89. The standard InChI is InChI=1S/C21H17NO3/c23-15-17-8-7-13-20(14-17)25-16-21(24)22(18-9-3-1-4-10-18)19-11-5-2-6-12-19/h1-15H,16H2. The molecular weight excluding hydrogens is 314 g/mol. The van der Waals surface area contributed by atoms with Gasteiger partial charge in [0.25, 0.3) is 5.91 Å². The average molecular weight is 331 g/mol. The maximum Gasteiger partial charge on any atom is 0.269 e. The first-order valence-electron chi connectivity index (χ1n) is 7.89. The summed E-state index contributed by atoms with van der Waals surface area (Å²) in [5.74, 6) is 0.285. The molecule has 0 fully saturated rings. The number of hydrogen-bond acceptors (Lipinski definition) is 3. The Bertz CT molecular complexity index is 808. The molecule has 1 amide bonds. The van der Waals surface area contributed by atoms with Crippen LogP contribution in [0.2, 0.25) is 0 Å². The molecule has 0 radical (unpaired) electrons. The summed E-state index contributed by atoms with van der Waals surface area (Å²) in [4.78, 5) is 25.3. The summed E-state index contributed by atoms with van der Waals surface area (Å²) in [6.07, 6.45) is 0.745. The Hall–Kier alpha value is -3.40. The lowest BCUT2D eigenvalue weighted by Crippen LogP contribution is -2.30. The SMILES string of the molecule is O=Cc1cccc(OCC(=O)N(c2ccccc2)c2ccccc2)c1. The highest BCUT2D eigenvalue weighted by molar-refractivity contribution is 6.01. The maximum atomic E-state index is 12.8. The predicted octanol–water partition coefficient (Wildman–Crippen LogP) is 4.24. The molecule has 0 bridgehead atoms. The van der Waals surface area contributed by atoms with Crippen molar-refractivity contribution in [3.8, 4) is 5.75 Å². The second-order valence-corrected chi connectivity index (χ2v) is 5.38. The van der Waals surface area contributed by atoms with Crippen LogP contribution in [-0.4, -0.2) is 18.8 Å². The third kappa shape index (κ3) is 4.12. The van der Waals surface area contributed by atoms with Crippen LogP contribution < -0.4 is 9.64 Å². The molecule has 0 heterocycles. The fourth-order valence-electron chi connectivity index (χ4n) is 2.48. The van der Waals surface area contributed by atoms with Gasteiger partial charge in [0.05, 0.1) is 0 Å². The van der Waals surface area contributed by atoms with E-state index in [1.54, 1.807) is 29.2 Å². The van der Waals surface area contributed by atoms with Gasteiger partial charge in [0.15, 0.2) is 6.61 Å². The van der Waals surface area contributed by atoms with Crippen molar-refractivity contribution in [2.75, 3.05) is 11.5 Å². The van der Waals surface area contributed by atoms with E-state index >= 15 is 0 Å². The number of carbonyl (C=O) groups excluding carboxylic acids is 2. The molecule has 3 aromatic carbocycles. The van der Waals surface area contributed by atoms with E-state index in [4.69, 9.17) is 4.74 Å². The molecular formula is C21H17NO3. The highest BCUT2D eigenvalue weighted by Crippen LogP contribution is 2.25. The normalized spacial score (nSPS) is 10.1. The van der Waals surface area contributed by atoms with Gasteiger partial charge >= 0.3 is 0 Å². The van der Waals surface area contributed by atoms with Crippen LogP contribution in [0.5, 0.6) is 5.75 Å². The second-order valence-electron chi connectivity index (χ2n) is 5.38. The highest BCUT2D eigenvalue weighted by atomic mass is 16.5. The van der Waals surface area contributed by atoms with Crippen molar-refractivity contribution >= 4 is 23.6 Å². The Balaban J connectivity index is 1.81. The van der Waals surface area contributed by atoms with Gasteiger partial charge in [-0.15, -0.1) is 0 Å². The molecule has 0 aliphatic heterocycles. The van der Waals surface area contributed by atoms with Gasteiger partial charge in [0.2, 0.25) is 0 Å². The zero-order chi connectivity index (χ0) is 17.5. The number of anilines is 2. The summed E-state index contributed by atoms with van der Waals surface area (Å²) >= 11 is 0. The predicted molar refractivity (Wildman–Crippen MR) is 97.4 cm³/mol. The molecule has 0 N–H and O–H groups in total. The van der Waals surface area contributed by atoms with Crippen LogP contribution in [0.15, 0.2) is 84.9 Å². The lowest BCUT2D eigenvalue weighted by atomic mass is 10.2. The summed E-state index contributed by atoms with van der Waals surface area (Å²) in [6.45, 7) is -0.133. The molecule has 25 heavy (non-hydrogen) atoms. The number of nitrogens with zero attached hydrogens (tertiary/aromatic N) is 1. The Kier molecular flexibility index (Phi) is 5.22. The van der Waals surface area contributed by atoms with Gasteiger partial charge in [0.1, 0.15) is 12.0 Å². The molecule has 0 atom stereocenters. The summed E-state index contributed by atoms with van der Waals surface area (Å²) in [5.41, 5.74) is 2.04. The summed E-state index contributed by atoms with van der Waals surface area (Å²) in [6, 6.07) is 25.5. The molecule has 0 aliphatic carbocycles. The second kappa shape index (κ2) is 7.93. The summed E-state index contributed by atoms with van der Waals surface area (Å²) < 4.78 is 5.58. The Morgan fingerprint density at radius 3 is 2.00 bits per heavy atom. The van der Waals surface area contributed by atoms with Gasteiger partial charge in [-0.05, 0) is 36.4 Å². The van der Waals surface area contributed by atoms with E-state index in [1.807, 2.05) is 60.7 Å². The Morgan fingerprint density at radius 1 is 0.840 bits per heavy atom. The maximum absolute atomic E-state index is 12.8. The minimum absolute atomic E-state index is 0.133. The number of rotatable bonds is 6. The monoisotopic (exact) mass is 331 g/mol. The van der Waals surface area contributed by atoms with Crippen LogP contribution in [0, 0.1) is 0 Å². The molecule has 3 rings (SSSR count). The zero-order valence-corrected chi connectivity index (χ0v) is 13.5. The smallest absolute Gasteiger partial charge is 0.269 e. The van der Waals surface area contributed by atoms with Crippen LogP contribution >= 0.6 is 0 Å². The lowest BCUT2D eigenvalue weighted by Gasteiger charge is -2.23. The van der Waals surface area contributed by atoms with Crippen LogP contribution in [-0.2, 0) is 4.79 Å². The first-order chi connectivity index (χ1) is 12.3. The number of ether oxygens (including phenoxy) is 1.